The number of hydrogen-bond acceptors (Lipinski definition) is 3. The van der Waals surface area contributed by atoms with Gasteiger partial charge in [0.05, 0.1) is 19.8 Å². The Balaban J connectivity index is 1.75. The molecular formula is C20H23ClN2O3. The van der Waals surface area contributed by atoms with Crippen molar-refractivity contribution in [2.75, 3.05) is 25.6 Å². The van der Waals surface area contributed by atoms with Gasteiger partial charge in [-0.2, -0.15) is 0 Å². The minimum absolute atomic E-state index is 0.0401. The lowest BCUT2D eigenvalue weighted by Crippen LogP contribution is -2.34. The number of nitrogens with zero attached hydrogens (tertiary/aromatic N) is 1. The minimum atomic E-state index is -0.125. The van der Waals surface area contributed by atoms with Crippen LogP contribution in [0.4, 0.5) is 10.5 Å². The quantitative estimate of drug-likeness (QED) is 0.790. The van der Waals surface area contributed by atoms with Gasteiger partial charge in [-0.15, -0.1) is 0 Å². The molecule has 1 aliphatic heterocycles. The number of anilines is 1. The highest BCUT2D eigenvalue weighted by Crippen LogP contribution is 2.34. The van der Waals surface area contributed by atoms with Crippen LogP contribution in [0.2, 0.25) is 5.02 Å². The zero-order valence-corrected chi connectivity index (χ0v) is 15.8. The normalized spacial score (nSPS) is 16.4. The van der Waals surface area contributed by atoms with Crippen LogP contribution in [0.1, 0.15) is 31.4 Å². The van der Waals surface area contributed by atoms with Crippen LogP contribution in [0.25, 0.3) is 0 Å². The largest absolute Gasteiger partial charge is 0.493 e. The summed E-state index contributed by atoms with van der Waals surface area (Å²) in [5.41, 5.74) is 1.74. The van der Waals surface area contributed by atoms with Gasteiger partial charge in [0, 0.05) is 23.3 Å². The van der Waals surface area contributed by atoms with E-state index in [9.17, 15) is 4.79 Å². The molecule has 2 amide bonds. The molecule has 6 heteroatoms. The van der Waals surface area contributed by atoms with Crippen molar-refractivity contribution in [2.24, 2.45) is 0 Å². The zero-order chi connectivity index (χ0) is 18.5. The third-order valence-corrected chi connectivity index (χ3v) is 4.70. The molecule has 1 atom stereocenters. The Morgan fingerprint density at radius 2 is 2.12 bits per heavy atom. The average Bonchev–Trinajstić information content (AvgIpc) is 3.12. The molecule has 2 aromatic rings. The van der Waals surface area contributed by atoms with Gasteiger partial charge in [0.1, 0.15) is 0 Å². The smallest absolute Gasteiger partial charge is 0.322 e. The van der Waals surface area contributed by atoms with Gasteiger partial charge < -0.3 is 19.7 Å². The number of ether oxygens (including phenoxy) is 2. The van der Waals surface area contributed by atoms with Crippen molar-refractivity contribution in [1.82, 2.24) is 4.90 Å². The van der Waals surface area contributed by atoms with E-state index >= 15 is 0 Å². The Bertz CT molecular complexity index is 781. The number of urea groups is 1. The number of amides is 2. The number of carbonyl (C=O) groups is 1. The summed E-state index contributed by atoms with van der Waals surface area (Å²) in [6.07, 6.45) is 1.90. The Hall–Kier alpha value is -2.40. The summed E-state index contributed by atoms with van der Waals surface area (Å²) in [5, 5.41) is 3.65. The van der Waals surface area contributed by atoms with E-state index in [1.807, 2.05) is 42.2 Å². The molecule has 1 N–H and O–H groups in total. The van der Waals surface area contributed by atoms with E-state index in [0.717, 1.165) is 24.9 Å². The molecule has 1 fully saturated rings. The van der Waals surface area contributed by atoms with Crippen molar-refractivity contribution < 1.29 is 14.3 Å². The van der Waals surface area contributed by atoms with Gasteiger partial charge in [0.15, 0.2) is 11.5 Å². The SMILES string of the molecule is CCOc1cc(NC(=O)N2CCCC2c2cccc(Cl)c2)ccc1OC. The molecular weight excluding hydrogens is 352 g/mol. The molecule has 1 unspecified atom stereocenters. The number of hydrogen-bond donors (Lipinski definition) is 1. The third-order valence-electron chi connectivity index (χ3n) is 4.46. The Morgan fingerprint density at radius 1 is 1.27 bits per heavy atom. The third kappa shape index (κ3) is 4.05. The van der Waals surface area contributed by atoms with Crippen LogP contribution in [0.3, 0.4) is 0 Å². The van der Waals surface area contributed by atoms with E-state index in [-0.39, 0.29) is 12.1 Å². The maximum Gasteiger partial charge on any atom is 0.322 e. The fourth-order valence-electron chi connectivity index (χ4n) is 3.29. The molecule has 1 aliphatic rings. The lowest BCUT2D eigenvalue weighted by atomic mass is 10.1. The van der Waals surface area contributed by atoms with Gasteiger partial charge in [0.2, 0.25) is 0 Å². The molecule has 26 heavy (non-hydrogen) atoms. The maximum absolute atomic E-state index is 12.8. The Labute approximate surface area is 158 Å². The van der Waals surface area contributed by atoms with Crippen LogP contribution in [0, 0.1) is 0 Å². The average molecular weight is 375 g/mol. The molecule has 5 nitrogen and oxygen atoms in total. The summed E-state index contributed by atoms with van der Waals surface area (Å²) >= 11 is 6.11. The standard InChI is InChI=1S/C20H23ClN2O3/c1-3-26-19-13-16(9-10-18(19)25-2)22-20(24)23-11-5-8-17(23)14-6-4-7-15(21)12-14/h4,6-7,9-10,12-13,17H,3,5,8,11H2,1-2H3,(H,22,24). The van der Waals surface area contributed by atoms with E-state index in [1.165, 1.54) is 0 Å². The van der Waals surface area contributed by atoms with Gasteiger partial charge in [-0.25, -0.2) is 4.79 Å². The van der Waals surface area contributed by atoms with Crippen molar-refractivity contribution in [3.8, 4) is 11.5 Å². The van der Waals surface area contributed by atoms with Gasteiger partial charge in [-0.05, 0) is 49.6 Å². The summed E-state index contributed by atoms with van der Waals surface area (Å²) in [6, 6.07) is 13.0. The number of benzene rings is 2. The fourth-order valence-corrected chi connectivity index (χ4v) is 3.49. The number of nitrogens with one attached hydrogen (secondary N) is 1. The fraction of sp³-hybridized carbons (Fsp3) is 0.350. The molecule has 2 aromatic carbocycles. The van der Waals surface area contributed by atoms with Crippen molar-refractivity contribution >= 4 is 23.3 Å². The first-order chi connectivity index (χ1) is 12.6. The lowest BCUT2D eigenvalue weighted by Gasteiger charge is -2.25. The summed E-state index contributed by atoms with van der Waals surface area (Å²) in [5.74, 6) is 1.25. The van der Waals surface area contributed by atoms with Gasteiger partial charge in [0.25, 0.3) is 0 Å². The van der Waals surface area contributed by atoms with Crippen LogP contribution in [-0.4, -0.2) is 31.2 Å². The Kier molecular flexibility index (Phi) is 5.89. The molecule has 1 heterocycles. The van der Waals surface area contributed by atoms with Crippen molar-refractivity contribution in [3.05, 3.63) is 53.1 Å². The molecule has 1 saturated heterocycles. The van der Waals surface area contributed by atoms with Gasteiger partial charge in [-0.1, -0.05) is 23.7 Å². The predicted molar refractivity (Wildman–Crippen MR) is 103 cm³/mol. The van der Waals surface area contributed by atoms with Crippen LogP contribution in [-0.2, 0) is 0 Å². The first kappa shape index (κ1) is 18.4. The van der Waals surface area contributed by atoms with E-state index in [4.69, 9.17) is 21.1 Å². The van der Waals surface area contributed by atoms with Crippen LogP contribution in [0.5, 0.6) is 11.5 Å². The van der Waals surface area contributed by atoms with Gasteiger partial charge in [-0.3, -0.25) is 0 Å². The number of halogens is 1. The first-order valence-electron chi connectivity index (χ1n) is 8.76. The molecule has 138 valence electrons. The topological polar surface area (TPSA) is 50.8 Å². The number of rotatable bonds is 5. The van der Waals surface area contributed by atoms with E-state index in [2.05, 4.69) is 5.32 Å². The van der Waals surface area contributed by atoms with Crippen molar-refractivity contribution in [2.45, 2.75) is 25.8 Å². The summed E-state index contributed by atoms with van der Waals surface area (Å²) in [7, 11) is 1.59. The van der Waals surface area contributed by atoms with Gasteiger partial charge >= 0.3 is 6.03 Å². The van der Waals surface area contributed by atoms with Crippen molar-refractivity contribution in [3.63, 3.8) is 0 Å². The van der Waals surface area contributed by atoms with E-state index < -0.39 is 0 Å². The highest BCUT2D eigenvalue weighted by molar-refractivity contribution is 6.30. The van der Waals surface area contributed by atoms with Crippen LogP contribution >= 0.6 is 11.6 Å². The first-order valence-corrected chi connectivity index (χ1v) is 9.14. The summed E-state index contributed by atoms with van der Waals surface area (Å²) in [4.78, 5) is 14.7. The molecule has 3 rings (SSSR count). The van der Waals surface area contributed by atoms with Crippen molar-refractivity contribution in [1.29, 1.82) is 0 Å². The molecule has 0 bridgehead atoms. The summed E-state index contributed by atoms with van der Waals surface area (Å²) in [6.45, 7) is 3.15. The lowest BCUT2D eigenvalue weighted by molar-refractivity contribution is 0.207. The van der Waals surface area contributed by atoms with E-state index in [1.54, 1.807) is 19.2 Å². The highest BCUT2D eigenvalue weighted by Gasteiger charge is 2.30. The predicted octanol–water partition coefficient (Wildman–Crippen LogP) is 5.12. The number of methoxy groups -OCH3 is 1. The zero-order valence-electron chi connectivity index (χ0n) is 15.0. The summed E-state index contributed by atoms with van der Waals surface area (Å²) < 4.78 is 10.9. The molecule has 0 aromatic heterocycles. The molecule has 0 spiro atoms. The van der Waals surface area contributed by atoms with Crippen LogP contribution < -0.4 is 14.8 Å². The van der Waals surface area contributed by atoms with Crippen LogP contribution in [0.15, 0.2) is 42.5 Å². The number of carbonyl (C=O) groups excluding carboxylic acids is 1. The molecule has 0 aliphatic carbocycles. The second-order valence-electron chi connectivity index (χ2n) is 6.14. The molecule has 0 radical (unpaired) electrons. The highest BCUT2D eigenvalue weighted by atomic mass is 35.5. The Morgan fingerprint density at radius 3 is 2.85 bits per heavy atom. The van der Waals surface area contributed by atoms with E-state index in [0.29, 0.717) is 28.8 Å². The monoisotopic (exact) mass is 374 g/mol. The maximum atomic E-state index is 12.8. The minimum Gasteiger partial charge on any atom is -0.493 e. The second kappa shape index (κ2) is 8.32. The number of likely N-dealkylation sites (tertiary alicyclic amines) is 1. The second-order valence-corrected chi connectivity index (χ2v) is 6.57. The molecule has 0 saturated carbocycles.